The molecular weight excluding hydrogens is 306 g/mol. The Morgan fingerprint density at radius 2 is 2.10 bits per heavy atom. The third-order valence-corrected chi connectivity index (χ3v) is 4.63. The van der Waals surface area contributed by atoms with Gasteiger partial charge in [-0.25, -0.2) is 4.98 Å². The molecule has 0 atom stereocenters. The molecule has 3 N–H and O–H groups in total. The summed E-state index contributed by atoms with van der Waals surface area (Å²) in [6.07, 6.45) is 0. The Morgan fingerprint density at radius 3 is 2.81 bits per heavy atom. The average molecular weight is 317 g/mol. The number of carbonyl (C=O) groups is 1. The first-order chi connectivity index (χ1) is 10.1. The minimum absolute atomic E-state index is 0.0887. The van der Waals surface area contributed by atoms with Gasteiger partial charge in [0.05, 0.1) is 11.1 Å². The van der Waals surface area contributed by atoms with E-state index in [1.165, 1.54) is 11.3 Å². The first-order valence-electron chi connectivity index (χ1n) is 6.13. The van der Waals surface area contributed by atoms with E-state index in [0.717, 1.165) is 22.9 Å². The van der Waals surface area contributed by atoms with Crippen LogP contribution in [0.5, 0.6) is 0 Å². The number of carbonyl (C=O) groups excluding carboxylic acids is 1. The largest absolute Gasteiger partial charge is 0.369 e. The summed E-state index contributed by atoms with van der Waals surface area (Å²) in [6, 6.07) is 9.70. The Bertz CT molecular complexity index is 856. The van der Waals surface area contributed by atoms with Crippen molar-refractivity contribution in [2.24, 2.45) is 5.73 Å². The summed E-state index contributed by atoms with van der Waals surface area (Å²) >= 11 is 2.54. The van der Waals surface area contributed by atoms with Crippen LogP contribution in [0.1, 0.15) is 0 Å². The van der Waals surface area contributed by atoms with Crippen molar-refractivity contribution in [3.05, 3.63) is 46.1 Å². The van der Waals surface area contributed by atoms with Gasteiger partial charge in [-0.15, -0.1) is 11.3 Å². The molecule has 0 spiro atoms. The van der Waals surface area contributed by atoms with E-state index < -0.39 is 5.91 Å². The number of primary amides is 1. The number of nitrogens with one attached hydrogen (secondary N) is 1. The number of nitrogens with zero attached hydrogens (tertiary/aromatic N) is 1. The highest BCUT2D eigenvalue weighted by Crippen LogP contribution is 2.31. The molecule has 5 nitrogen and oxygen atoms in total. The van der Waals surface area contributed by atoms with Crippen molar-refractivity contribution in [2.75, 3.05) is 5.75 Å². The Hall–Kier alpha value is -2.12. The molecule has 0 unspecified atom stereocenters. The van der Waals surface area contributed by atoms with Crippen LogP contribution in [0, 0.1) is 0 Å². The van der Waals surface area contributed by atoms with Gasteiger partial charge in [-0.05, 0) is 5.56 Å². The van der Waals surface area contributed by atoms with Crippen molar-refractivity contribution in [2.45, 2.75) is 5.16 Å². The molecule has 0 bridgehead atoms. The zero-order chi connectivity index (χ0) is 14.8. The Kier molecular flexibility index (Phi) is 3.76. The topological polar surface area (TPSA) is 88.8 Å². The van der Waals surface area contributed by atoms with Crippen LogP contribution in [0.3, 0.4) is 0 Å². The van der Waals surface area contributed by atoms with Gasteiger partial charge in [0.1, 0.15) is 4.83 Å². The molecular formula is C14H11N3O2S2. The predicted molar refractivity (Wildman–Crippen MR) is 85.6 cm³/mol. The summed E-state index contributed by atoms with van der Waals surface area (Å²) in [5.41, 5.74) is 6.74. The summed E-state index contributed by atoms with van der Waals surface area (Å²) in [7, 11) is 0. The van der Waals surface area contributed by atoms with Crippen LogP contribution in [0.4, 0.5) is 0 Å². The first-order valence-corrected chi connectivity index (χ1v) is 7.99. The van der Waals surface area contributed by atoms with Crippen molar-refractivity contribution in [3.63, 3.8) is 0 Å². The highest BCUT2D eigenvalue weighted by atomic mass is 32.2. The van der Waals surface area contributed by atoms with Crippen LogP contribution < -0.4 is 11.3 Å². The fourth-order valence-electron chi connectivity index (χ4n) is 1.97. The summed E-state index contributed by atoms with van der Waals surface area (Å²) in [5, 5.41) is 2.91. The van der Waals surface area contributed by atoms with Gasteiger partial charge >= 0.3 is 0 Å². The maximum atomic E-state index is 12.3. The zero-order valence-corrected chi connectivity index (χ0v) is 12.5. The maximum absolute atomic E-state index is 12.3. The van der Waals surface area contributed by atoms with E-state index in [9.17, 15) is 9.59 Å². The minimum atomic E-state index is -0.445. The number of aromatic nitrogens is 2. The van der Waals surface area contributed by atoms with Crippen molar-refractivity contribution < 1.29 is 4.79 Å². The quantitative estimate of drug-likeness (QED) is 0.570. The van der Waals surface area contributed by atoms with E-state index in [4.69, 9.17) is 5.73 Å². The average Bonchev–Trinajstić information content (AvgIpc) is 2.90. The molecule has 7 heteroatoms. The zero-order valence-electron chi connectivity index (χ0n) is 10.8. The molecule has 1 aromatic carbocycles. The number of rotatable bonds is 4. The number of hydrogen-bond donors (Lipinski definition) is 2. The molecule has 0 aliphatic rings. The van der Waals surface area contributed by atoms with E-state index in [1.54, 1.807) is 0 Å². The number of aromatic amines is 1. The number of thioether (sulfide) groups is 1. The molecule has 21 heavy (non-hydrogen) atoms. The fourth-order valence-corrected chi connectivity index (χ4v) is 3.57. The number of amides is 1. The van der Waals surface area contributed by atoms with E-state index in [2.05, 4.69) is 9.97 Å². The van der Waals surface area contributed by atoms with Gasteiger partial charge in [0, 0.05) is 10.9 Å². The van der Waals surface area contributed by atoms with Gasteiger partial charge in [0.2, 0.25) is 5.91 Å². The van der Waals surface area contributed by atoms with Gasteiger partial charge in [0.15, 0.2) is 5.16 Å². The van der Waals surface area contributed by atoms with Crippen molar-refractivity contribution in [1.29, 1.82) is 0 Å². The molecule has 0 aliphatic heterocycles. The summed E-state index contributed by atoms with van der Waals surface area (Å²) in [6.45, 7) is 0. The van der Waals surface area contributed by atoms with Crippen LogP contribution in [0.25, 0.3) is 21.3 Å². The Labute approximate surface area is 128 Å². The second kappa shape index (κ2) is 5.71. The fraction of sp³-hybridized carbons (Fsp3) is 0.0714. The molecule has 0 radical (unpaired) electrons. The number of nitrogens with two attached hydrogens (primary N) is 1. The second-order valence-electron chi connectivity index (χ2n) is 4.32. The van der Waals surface area contributed by atoms with Crippen LogP contribution in [0.2, 0.25) is 0 Å². The lowest BCUT2D eigenvalue weighted by molar-refractivity contribution is -0.115. The molecule has 0 saturated carbocycles. The lowest BCUT2D eigenvalue weighted by atomic mass is 10.1. The highest BCUT2D eigenvalue weighted by molar-refractivity contribution is 7.99. The van der Waals surface area contributed by atoms with Gasteiger partial charge in [-0.3, -0.25) is 9.59 Å². The van der Waals surface area contributed by atoms with Crippen molar-refractivity contribution in [1.82, 2.24) is 9.97 Å². The van der Waals surface area contributed by atoms with E-state index in [0.29, 0.717) is 15.4 Å². The number of H-pyrrole nitrogens is 1. The molecule has 106 valence electrons. The summed E-state index contributed by atoms with van der Waals surface area (Å²) < 4.78 is 0. The minimum Gasteiger partial charge on any atom is -0.369 e. The Balaban J connectivity index is 2.07. The van der Waals surface area contributed by atoms with Crippen molar-refractivity contribution in [3.8, 4) is 11.1 Å². The summed E-state index contributed by atoms with van der Waals surface area (Å²) in [5.74, 6) is -0.357. The van der Waals surface area contributed by atoms with Crippen LogP contribution in [0.15, 0.2) is 45.7 Å². The third-order valence-electron chi connectivity index (χ3n) is 2.86. The van der Waals surface area contributed by atoms with E-state index >= 15 is 0 Å². The van der Waals surface area contributed by atoms with Crippen LogP contribution in [-0.4, -0.2) is 21.6 Å². The van der Waals surface area contributed by atoms with Crippen LogP contribution in [-0.2, 0) is 4.79 Å². The lowest BCUT2D eigenvalue weighted by Crippen LogP contribution is -2.15. The van der Waals surface area contributed by atoms with Gasteiger partial charge < -0.3 is 10.7 Å². The predicted octanol–water partition coefficient (Wildman–Crippen LogP) is 2.23. The number of thiophene rings is 1. The van der Waals surface area contributed by atoms with Gasteiger partial charge in [0.25, 0.3) is 5.56 Å². The van der Waals surface area contributed by atoms with E-state index in [1.807, 2.05) is 35.7 Å². The van der Waals surface area contributed by atoms with Gasteiger partial charge in [-0.2, -0.15) is 0 Å². The molecule has 3 rings (SSSR count). The monoisotopic (exact) mass is 317 g/mol. The van der Waals surface area contributed by atoms with Crippen LogP contribution >= 0.6 is 23.1 Å². The molecule has 0 aliphatic carbocycles. The normalized spacial score (nSPS) is 10.9. The maximum Gasteiger partial charge on any atom is 0.260 e. The summed E-state index contributed by atoms with van der Waals surface area (Å²) in [4.78, 5) is 30.8. The molecule has 2 heterocycles. The molecule has 0 fully saturated rings. The molecule has 1 amide bonds. The second-order valence-corrected chi connectivity index (χ2v) is 6.14. The van der Waals surface area contributed by atoms with E-state index in [-0.39, 0.29) is 11.3 Å². The Morgan fingerprint density at radius 1 is 1.33 bits per heavy atom. The standard InChI is InChI=1S/C14H11N3O2S2/c15-10(18)7-21-14-16-12(19)11-9(6-20-13(11)17-14)8-4-2-1-3-5-8/h1-6H,7H2,(H2,15,18)(H,16,17,19). The molecule has 0 saturated heterocycles. The van der Waals surface area contributed by atoms with Gasteiger partial charge in [-0.1, -0.05) is 42.1 Å². The highest BCUT2D eigenvalue weighted by Gasteiger charge is 2.13. The van der Waals surface area contributed by atoms with Crippen molar-refractivity contribution >= 4 is 39.2 Å². The SMILES string of the molecule is NC(=O)CSc1nc2scc(-c3ccccc3)c2c(=O)[nH]1. The molecule has 3 aromatic rings. The lowest BCUT2D eigenvalue weighted by Gasteiger charge is -2.01. The number of hydrogen-bond acceptors (Lipinski definition) is 5. The molecule has 2 aromatic heterocycles. The smallest absolute Gasteiger partial charge is 0.260 e. The number of fused-ring (bicyclic) bond motifs is 1. The number of benzene rings is 1. The third kappa shape index (κ3) is 2.84. The first kappa shape index (κ1) is 13.8.